The summed E-state index contributed by atoms with van der Waals surface area (Å²) in [6.45, 7) is 0.185. The van der Waals surface area contributed by atoms with Crippen LogP contribution in [0.2, 0.25) is 0 Å². The summed E-state index contributed by atoms with van der Waals surface area (Å²) in [7, 11) is -3.66. The van der Waals surface area contributed by atoms with Crippen molar-refractivity contribution in [3.63, 3.8) is 0 Å². The summed E-state index contributed by atoms with van der Waals surface area (Å²) in [5.41, 5.74) is 5.67. The molecule has 104 valence electrons. The van der Waals surface area contributed by atoms with Crippen molar-refractivity contribution in [2.24, 2.45) is 11.7 Å². The van der Waals surface area contributed by atoms with Gasteiger partial charge in [0.05, 0.1) is 9.82 Å². The molecule has 3 N–H and O–H groups in total. The van der Waals surface area contributed by atoms with Crippen LogP contribution in [0.5, 0.6) is 0 Å². The van der Waals surface area contributed by atoms with E-state index >= 15 is 0 Å². The van der Waals surface area contributed by atoms with Gasteiger partial charge in [0.1, 0.15) is 0 Å². The molecule has 1 saturated carbocycles. The number of nitro benzene ring substituents is 1. The molecule has 0 heterocycles. The molecule has 0 bridgehead atoms. The summed E-state index contributed by atoms with van der Waals surface area (Å²) in [6.07, 6.45) is 2.08. The Kier molecular flexibility index (Phi) is 3.83. The molecule has 1 aromatic rings. The van der Waals surface area contributed by atoms with E-state index in [1.165, 1.54) is 12.1 Å². The first-order chi connectivity index (χ1) is 8.90. The van der Waals surface area contributed by atoms with Crippen LogP contribution in [0.3, 0.4) is 0 Å². The fourth-order valence-electron chi connectivity index (χ4n) is 1.73. The van der Waals surface area contributed by atoms with Gasteiger partial charge < -0.3 is 5.73 Å². The van der Waals surface area contributed by atoms with Crippen molar-refractivity contribution in [1.29, 1.82) is 0 Å². The monoisotopic (exact) mass is 285 g/mol. The highest BCUT2D eigenvalue weighted by molar-refractivity contribution is 7.89. The van der Waals surface area contributed by atoms with Crippen LogP contribution in [0.15, 0.2) is 29.2 Å². The first kappa shape index (κ1) is 13.9. The number of nitrogens with zero attached hydrogens (tertiary/aromatic N) is 1. The molecule has 0 aliphatic heterocycles. The summed E-state index contributed by atoms with van der Waals surface area (Å²) in [5, 5.41) is 10.5. The van der Waals surface area contributed by atoms with Crippen molar-refractivity contribution in [2.45, 2.75) is 23.8 Å². The topological polar surface area (TPSA) is 115 Å². The molecule has 1 atom stereocenters. The van der Waals surface area contributed by atoms with Gasteiger partial charge in [0.25, 0.3) is 5.69 Å². The Balaban J connectivity index is 2.03. The average Bonchev–Trinajstić information content (AvgIpc) is 3.20. The SMILES string of the molecule is NC(CNS(=O)(=O)c1ccc([N+](=O)[O-])cc1)C1CC1. The molecule has 0 radical (unpaired) electrons. The first-order valence-corrected chi connectivity index (χ1v) is 7.38. The minimum Gasteiger partial charge on any atom is -0.326 e. The van der Waals surface area contributed by atoms with Gasteiger partial charge in [-0.05, 0) is 30.9 Å². The fraction of sp³-hybridized carbons (Fsp3) is 0.455. The van der Waals surface area contributed by atoms with E-state index in [9.17, 15) is 18.5 Å². The Labute approximate surface area is 111 Å². The Morgan fingerprint density at radius 2 is 1.95 bits per heavy atom. The number of hydrogen-bond donors (Lipinski definition) is 2. The number of benzene rings is 1. The van der Waals surface area contributed by atoms with E-state index in [1.54, 1.807) is 0 Å². The molecular formula is C11H15N3O4S. The van der Waals surface area contributed by atoms with Crippen molar-refractivity contribution in [2.75, 3.05) is 6.54 Å². The molecule has 0 aromatic heterocycles. The molecule has 8 heteroatoms. The van der Waals surface area contributed by atoms with E-state index in [1.807, 2.05) is 0 Å². The maximum atomic E-state index is 11.9. The van der Waals surface area contributed by atoms with Gasteiger partial charge in [0, 0.05) is 24.7 Å². The Hall–Kier alpha value is -1.51. The third-order valence-electron chi connectivity index (χ3n) is 3.09. The second-order valence-electron chi connectivity index (χ2n) is 4.60. The Bertz CT molecular complexity index is 566. The minimum atomic E-state index is -3.66. The Morgan fingerprint density at radius 1 is 1.37 bits per heavy atom. The third-order valence-corrected chi connectivity index (χ3v) is 4.53. The maximum Gasteiger partial charge on any atom is 0.269 e. The smallest absolute Gasteiger partial charge is 0.269 e. The van der Waals surface area contributed by atoms with E-state index in [0.717, 1.165) is 25.0 Å². The van der Waals surface area contributed by atoms with Crippen LogP contribution in [0.1, 0.15) is 12.8 Å². The lowest BCUT2D eigenvalue weighted by Crippen LogP contribution is -2.38. The van der Waals surface area contributed by atoms with E-state index < -0.39 is 14.9 Å². The van der Waals surface area contributed by atoms with Crippen LogP contribution in [0.4, 0.5) is 5.69 Å². The van der Waals surface area contributed by atoms with Crippen LogP contribution in [0, 0.1) is 16.0 Å². The van der Waals surface area contributed by atoms with Crippen LogP contribution in [-0.4, -0.2) is 25.9 Å². The van der Waals surface area contributed by atoms with Crippen LogP contribution >= 0.6 is 0 Å². The van der Waals surface area contributed by atoms with Gasteiger partial charge in [0.15, 0.2) is 0 Å². The standard InChI is InChI=1S/C11H15N3O4S/c12-11(8-1-2-8)7-13-19(17,18)10-5-3-9(4-6-10)14(15)16/h3-6,8,11,13H,1-2,7,12H2. The zero-order chi connectivity index (χ0) is 14.0. The summed E-state index contributed by atoms with van der Waals surface area (Å²) >= 11 is 0. The molecular weight excluding hydrogens is 270 g/mol. The molecule has 2 rings (SSSR count). The summed E-state index contributed by atoms with van der Waals surface area (Å²) in [5.74, 6) is 0.402. The van der Waals surface area contributed by atoms with Crippen molar-refractivity contribution < 1.29 is 13.3 Å². The molecule has 1 aliphatic carbocycles. The van der Waals surface area contributed by atoms with Gasteiger partial charge in [-0.25, -0.2) is 13.1 Å². The van der Waals surface area contributed by atoms with E-state index in [0.29, 0.717) is 5.92 Å². The van der Waals surface area contributed by atoms with Crippen molar-refractivity contribution in [1.82, 2.24) is 4.72 Å². The third kappa shape index (κ3) is 3.49. The first-order valence-electron chi connectivity index (χ1n) is 5.90. The van der Waals surface area contributed by atoms with E-state index in [4.69, 9.17) is 5.73 Å². The lowest BCUT2D eigenvalue weighted by Gasteiger charge is -2.11. The number of sulfonamides is 1. The van der Waals surface area contributed by atoms with Crippen molar-refractivity contribution in [3.05, 3.63) is 34.4 Å². The molecule has 19 heavy (non-hydrogen) atoms. The van der Waals surface area contributed by atoms with Gasteiger partial charge >= 0.3 is 0 Å². The van der Waals surface area contributed by atoms with Gasteiger partial charge in [-0.3, -0.25) is 10.1 Å². The van der Waals surface area contributed by atoms with Crippen molar-refractivity contribution in [3.8, 4) is 0 Å². The van der Waals surface area contributed by atoms with Gasteiger partial charge in [-0.1, -0.05) is 0 Å². The van der Waals surface area contributed by atoms with Crippen molar-refractivity contribution >= 4 is 15.7 Å². The predicted molar refractivity (Wildman–Crippen MR) is 69.0 cm³/mol. The van der Waals surface area contributed by atoms with Crippen LogP contribution in [-0.2, 0) is 10.0 Å². The number of nitrogens with one attached hydrogen (secondary N) is 1. The highest BCUT2D eigenvalue weighted by Gasteiger charge is 2.29. The molecule has 0 spiro atoms. The number of non-ortho nitro benzene ring substituents is 1. The number of hydrogen-bond acceptors (Lipinski definition) is 5. The quantitative estimate of drug-likeness (QED) is 0.587. The van der Waals surface area contributed by atoms with Gasteiger partial charge in [0.2, 0.25) is 10.0 Å². The second-order valence-corrected chi connectivity index (χ2v) is 6.37. The minimum absolute atomic E-state index is 0.00102. The second kappa shape index (κ2) is 5.24. The molecule has 0 saturated heterocycles. The molecule has 1 unspecified atom stereocenters. The van der Waals surface area contributed by atoms with E-state index in [-0.39, 0.29) is 23.2 Å². The number of nitrogens with two attached hydrogens (primary N) is 1. The highest BCUT2D eigenvalue weighted by atomic mass is 32.2. The average molecular weight is 285 g/mol. The van der Waals surface area contributed by atoms with Crippen LogP contribution in [0.25, 0.3) is 0 Å². The summed E-state index contributed by atoms with van der Waals surface area (Å²) < 4.78 is 26.3. The lowest BCUT2D eigenvalue weighted by molar-refractivity contribution is -0.384. The zero-order valence-electron chi connectivity index (χ0n) is 10.2. The van der Waals surface area contributed by atoms with E-state index in [2.05, 4.69) is 4.72 Å². The van der Waals surface area contributed by atoms with Gasteiger partial charge in [-0.15, -0.1) is 0 Å². The number of nitro groups is 1. The Morgan fingerprint density at radius 3 is 2.42 bits per heavy atom. The molecule has 1 aromatic carbocycles. The molecule has 1 aliphatic rings. The largest absolute Gasteiger partial charge is 0.326 e. The summed E-state index contributed by atoms with van der Waals surface area (Å²) in [6, 6.07) is 4.57. The summed E-state index contributed by atoms with van der Waals surface area (Å²) in [4.78, 5) is 9.91. The predicted octanol–water partition coefficient (Wildman–Crippen LogP) is 0.610. The van der Waals surface area contributed by atoms with Crippen LogP contribution < -0.4 is 10.5 Å². The van der Waals surface area contributed by atoms with Gasteiger partial charge in [-0.2, -0.15) is 0 Å². The molecule has 7 nitrogen and oxygen atoms in total. The molecule has 0 amide bonds. The maximum absolute atomic E-state index is 11.9. The number of rotatable bonds is 6. The highest BCUT2D eigenvalue weighted by Crippen LogP contribution is 2.31. The fourth-order valence-corrected chi connectivity index (χ4v) is 2.80. The lowest BCUT2D eigenvalue weighted by atomic mass is 10.2. The zero-order valence-corrected chi connectivity index (χ0v) is 11.0. The normalized spacial score (nSPS) is 17.1. The molecule has 1 fully saturated rings.